The molecule has 0 fully saturated rings. The summed E-state index contributed by atoms with van der Waals surface area (Å²) in [7, 11) is 1.58. The minimum absolute atomic E-state index is 0.151. The fourth-order valence-electron chi connectivity index (χ4n) is 2.44. The van der Waals surface area contributed by atoms with Crippen LogP contribution in [0.2, 0.25) is 0 Å². The zero-order chi connectivity index (χ0) is 15.9. The maximum atomic E-state index is 12.4. The summed E-state index contributed by atoms with van der Waals surface area (Å²) in [5.74, 6) is 0.474. The molecular weight excluding hydrogens is 274 g/mol. The number of amides is 1. The number of ether oxygens (including phenoxy) is 1. The topological polar surface area (TPSA) is 38.3 Å². The summed E-state index contributed by atoms with van der Waals surface area (Å²) in [4.78, 5) is 12.4. The van der Waals surface area contributed by atoms with Crippen molar-refractivity contribution in [2.45, 2.75) is 33.1 Å². The lowest BCUT2D eigenvalue weighted by Crippen LogP contribution is -2.13. The summed E-state index contributed by atoms with van der Waals surface area (Å²) < 4.78 is 5.34. The third-order valence-corrected chi connectivity index (χ3v) is 3.69. The molecule has 0 atom stereocenters. The number of unbranched alkanes of at least 4 members (excludes halogenated alkanes) is 1. The Morgan fingerprint density at radius 1 is 1.14 bits per heavy atom. The van der Waals surface area contributed by atoms with Crippen LogP contribution in [0, 0.1) is 6.92 Å². The van der Waals surface area contributed by atoms with E-state index in [1.807, 2.05) is 31.2 Å². The maximum absolute atomic E-state index is 12.4. The Morgan fingerprint density at radius 3 is 2.50 bits per heavy atom. The second-order valence-corrected chi connectivity index (χ2v) is 5.41. The monoisotopic (exact) mass is 297 g/mol. The molecule has 2 aromatic rings. The van der Waals surface area contributed by atoms with Crippen LogP contribution < -0.4 is 10.1 Å². The van der Waals surface area contributed by atoms with Gasteiger partial charge in [0.05, 0.1) is 12.7 Å². The van der Waals surface area contributed by atoms with Crippen LogP contribution in [0.4, 0.5) is 5.69 Å². The normalized spacial score (nSPS) is 10.3. The van der Waals surface area contributed by atoms with E-state index in [1.165, 1.54) is 18.4 Å². The number of nitrogens with one attached hydrogen (secondary N) is 1. The van der Waals surface area contributed by atoms with Gasteiger partial charge in [-0.15, -0.1) is 0 Å². The number of anilines is 1. The first kappa shape index (κ1) is 16.1. The highest BCUT2D eigenvalue weighted by Crippen LogP contribution is 2.24. The minimum atomic E-state index is -0.151. The Bertz CT molecular complexity index is 632. The van der Waals surface area contributed by atoms with Crippen LogP contribution in [-0.4, -0.2) is 13.0 Å². The lowest BCUT2D eigenvalue weighted by Gasteiger charge is -2.11. The zero-order valence-electron chi connectivity index (χ0n) is 13.5. The van der Waals surface area contributed by atoms with E-state index >= 15 is 0 Å². The fourth-order valence-corrected chi connectivity index (χ4v) is 2.44. The molecule has 0 bridgehead atoms. The number of hydrogen-bond acceptors (Lipinski definition) is 2. The Labute approximate surface area is 132 Å². The van der Waals surface area contributed by atoms with Gasteiger partial charge in [0.25, 0.3) is 5.91 Å². The van der Waals surface area contributed by atoms with Crippen molar-refractivity contribution < 1.29 is 9.53 Å². The molecule has 2 aromatic carbocycles. The van der Waals surface area contributed by atoms with Gasteiger partial charge < -0.3 is 10.1 Å². The van der Waals surface area contributed by atoms with Crippen molar-refractivity contribution in [1.82, 2.24) is 0 Å². The first-order chi connectivity index (χ1) is 10.7. The number of benzene rings is 2. The first-order valence-corrected chi connectivity index (χ1v) is 7.69. The average molecular weight is 297 g/mol. The number of aryl methyl sites for hydroxylation is 2. The molecule has 1 amide bonds. The van der Waals surface area contributed by atoms with Crippen LogP contribution in [0.5, 0.6) is 5.75 Å². The molecule has 2 rings (SSSR count). The highest BCUT2D eigenvalue weighted by atomic mass is 16.5. The van der Waals surface area contributed by atoms with Crippen LogP contribution in [0.15, 0.2) is 42.5 Å². The van der Waals surface area contributed by atoms with Crippen molar-refractivity contribution in [2.24, 2.45) is 0 Å². The van der Waals surface area contributed by atoms with Crippen molar-refractivity contribution in [1.29, 1.82) is 0 Å². The summed E-state index contributed by atoms with van der Waals surface area (Å²) in [6.07, 6.45) is 3.45. The molecule has 22 heavy (non-hydrogen) atoms. The van der Waals surface area contributed by atoms with Crippen LogP contribution >= 0.6 is 0 Å². The van der Waals surface area contributed by atoms with E-state index in [0.717, 1.165) is 17.7 Å². The molecule has 0 aliphatic heterocycles. The lowest BCUT2D eigenvalue weighted by molar-refractivity contribution is 0.102. The standard InChI is InChI=1S/C19H23NO2/c1-4-5-8-15-10-12-16(13-11-15)20-19(21)17-9-6-7-14(2)18(17)22-3/h6-7,9-13H,4-5,8H2,1-3H3,(H,20,21). The number of rotatable bonds is 6. The smallest absolute Gasteiger partial charge is 0.259 e. The van der Waals surface area contributed by atoms with Gasteiger partial charge >= 0.3 is 0 Å². The Balaban J connectivity index is 2.10. The minimum Gasteiger partial charge on any atom is -0.496 e. The van der Waals surface area contributed by atoms with E-state index in [9.17, 15) is 4.79 Å². The van der Waals surface area contributed by atoms with E-state index in [0.29, 0.717) is 11.3 Å². The predicted molar refractivity (Wildman–Crippen MR) is 90.7 cm³/mol. The molecule has 0 unspecified atom stereocenters. The van der Waals surface area contributed by atoms with Gasteiger partial charge in [-0.2, -0.15) is 0 Å². The first-order valence-electron chi connectivity index (χ1n) is 7.69. The van der Waals surface area contributed by atoms with Crippen molar-refractivity contribution in [3.63, 3.8) is 0 Å². The van der Waals surface area contributed by atoms with Crippen molar-refractivity contribution >= 4 is 11.6 Å². The molecule has 0 heterocycles. The summed E-state index contributed by atoms with van der Waals surface area (Å²) in [5.41, 5.74) is 3.60. The summed E-state index contributed by atoms with van der Waals surface area (Å²) in [6, 6.07) is 13.6. The molecule has 0 aliphatic rings. The molecule has 116 valence electrons. The predicted octanol–water partition coefficient (Wildman–Crippen LogP) is 4.60. The van der Waals surface area contributed by atoms with Gasteiger partial charge in [-0.05, 0) is 49.1 Å². The molecule has 0 aromatic heterocycles. The molecule has 3 heteroatoms. The van der Waals surface area contributed by atoms with Crippen molar-refractivity contribution in [3.8, 4) is 5.75 Å². The Hall–Kier alpha value is -2.29. The lowest BCUT2D eigenvalue weighted by atomic mass is 10.1. The van der Waals surface area contributed by atoms with Gasteiger partial charge in [0.2, 0.25) is 0 Å². The van der Waals surface area contributed by atoms with Crippen LogP contribution in [-0.2, 0) is 6.42 Å². The number of para-hydroxylation sites is 1. The van der Waals surface area contributed by atoms with Gasteiger partial charge in [-0.25, -0.2) is 0 Å². The van der Waals surface area contributed by atoms with Gasteiger partial charge in [-0.1, -0.05) is 37.6 Å². The van der Waals surface area contributed by atoms with E-state index < -0.39 is 0 Å². The molecule has 0 radical (unpaired) electrons. The quantitative estimate of drug-likeness (QED) is 0.846. The Kier molecular flexibility index (Phi) is 5.59. The van der Waals surface area contributed by atoms with E-state index in [4.69, 9.17) is 4.74 Å². The highest BCUT2D eigenvalue weighted by Gasteiger charge is 2.13. The molecule has 1 N–H and O–H groups in total. The van der Waals surface area contributed by atoms with Crippen molar-refractivity contribution in [3.05, 3.63) is 59.2 Å². The number of carbonyl (C=O) groups is 1. The van der Waals surface area contributed by atoms with E-state index in [1.54, 1.807) is 13.2 Å². The van der Waals surface area contributed by atoms with Gasteiger partial charge in [0, 0.05) is 5.69 Å². The number of carbonyl (C=O) groups excluding carboxylic acids is 1. The molecular formula is C19H23NO2. The maximum Gasteiger partial charge on any atom is 0.259 e. The van der Waals surface area contributed by atoms with Crippen LogP contribution in [0.3, 0.4) is 0 Å². The Morgan fingerprint density at radius 2 is 1.86 bits per heavy atom. The molecule has 0 aliphatic carbocycles. The largest absolute Gasteiger partial charge is 0.496 e. The second-order valence-electron chi connectivity index (χ2n) is 5.41. The average Bonchev–Trinajstić information content (AvgIpc) is 2.54. The molecule has 0 saturated carbocycles. The van der Waals surface area contributed by atoms with E-state index in [2.05, 4.69) is 24.4 Å². The highest BCUT2D eigenvalue weighted by molar-refractivity contribution is 6.06. The van der Waals surface area contributed by atoms with Gasteiger partial charge in [0.1, 0.15) is 5.75 Å². The number of methoxy groups -OCH3 is 1. The number of hydrogen-bond donors (Lipinski definition) is 1. The molecule has 3 nitrogen and oxygen atoms in total. The third-order valence-electron chi connectivity index (χ3n) is 3.69. The summed E-state index contributed by atoms with van der Waals surface area (Å²) >= 11 is 0. The van der Waals surface area contributed by atoms with Crippen molar-refractivity contribution in [2.75, 3.05) is 12.4 Å². The zero-order valence-corrected chi connectivity index (χ0v) is 13.5. The fraction of sp³-hybridized carbons (Fsp3) is 0.316. The molecule has 0 saturated heterocycles. The summed E-state index contributed by atoms with van der Waals surface area (Å²) in [6.45, 7) is 4.11. The van der Waals surface area contributed by atoms with Gasteiger partial charge in [0.15, 0.2) is 0 Å². The SMILES string of the molecule is CCCCc1ccc(NC(=O)c2cccc(C)c2OC)cc1. The van der Waals surface area contributed by atoms with Crippen LogP contribution in [0.25, 0.3) is 0 Å². The third kappa shape index (κ3) is 3.88. The second kappa shape index (κ2) is 7.64. The van der Waals surface area contributed by atoms with Crippen LogP contribution in [0.1, 0.15) is 41.3 Å². The summed E-state index contributed by atoms with van der Waals surface area (Å²) in [5, 5.41) is 2.92. The van der Waals surface area contributed by atoms with E-state index in [-0.39, 0.29) is 5.91 Å². The van der Waals surface area contributed by atoms with Gasteiger partial charge in [-0.3, -0.25) is 4.79 Å². The molecule has 0 spiro atoms.